The molecule has 0 radical (unpaired) electrons. The third-order valence-corrected chi connectivity index (χ3v) is 3.13. The van der Waals surface area contributed by atoms with Gasteiger partial charge in [0, 0.05) is 19.4 Å². The molecule has 2 aromatic heterocycles. The van der Waals surface area contributed by atoms with Crippen molar-refractivity contribution in [2.75, 3.05) is 6.54 Å². The van der Waals surface area contributed by atoms with Gasteiger partial charge >= 0.3 is 0 Å². The second kappa shape index (κ2) is 5.98. The molecule has 18 heavy (non-hydrogen) atoms. The van der Waals surface area contributed by atoms with Gasteiger partial charge in [0.25, 0.3) is 0 Å². The lowest BCUT2D eigenvalue weighted by Gasteiger charge is -2.19. The first-order valence-electron chi connectivity index (χ1n) is 6.05. The number of hydrogen-bond donors (Lipinski definition) is 1. The molecule has 0 aliphatic carbocycles. The van der Waals surface area contributed by atoms with Crippen molar-refractivity contribution >= 4 is 11.6 Å². The van der Waals surface area contributed by atoms with Gasteiger partial charge in [-0.25, -0.2) is 0 Å². The topological polar surface area (TPSA) is 42.7 Å². The fourth-order valence-electron chi connectivity index (χ4n) is 1.91. The number of aryl methyl sites for hydroxylation is 1. The van der Waals surface area contributed by atoms with E-state index >= 15 is 0 Å². The van der Waals surface area contributed by atoms with Gasteiger partial charge in [0.05, 0.1) is 22.5 Å². The molecule has 96 valence electrons. The second-order valence-electron chi connectivity index (χ2n) is 4.14. The average molecular weight is 265 g/mol. The smallest absolute Gasteiger partial charge is 0.0937 e. The molecule has 2 aromatic rings. The highest BCUT2D eigenvalue weighted by molar-refractivity contribution is 6.31. The minimum absolute atomic E-state index is 0.0221. The first-order valence-corrected chi connectivity index (χ1v) is 6.43. The first-order chi connectivity index (χ1) is 8.74. The van der Waals surface area contributed by atoms with Gasteiger partial charge in [-0.2, -0.15) is 5.10 Å². The molecule has 1 N–H and O–H groups in total. The fraction of sp³-hybridized carbons (Fsp3) is 0.385. The number of rotatable bonds is 5. The van der Waals surface area contributed by atoms with E-state index in [1.165, 1.54) is 0 Å². The minimum Gasteiger partial charge on any atom is -0.304 e. The van der Waals surface area contributed by atoms with E-state index in [0.29, 0.717) is 5.02 Å². The van der Waals surface area contributed by atoms with Crippen molar-refractivity contribution in [3.63, 3.8) is 0 Å². The molecule has 2 rings (SSSR count). The summed E-state index contributed by atoms with van der Waals surface area (Å²) in [6.45, 7) is 3.04. The summed E-state index contributed by atoms with van der Waals surface area (Å²) in [5.41, 5.74) is 1.90. The van der Waals surface area contributed by atoms with Gasteiger partial charge in [0.15, 0.2) is 0 Å². The molecular formula is C13H17ClN4. The number of nitrogens with one attached hydrogen (secondary N) is 1. The third-order valence-electron chi connectivity index (χ3n) is 2.81. The monoisotopic (exact) mass is 264 g/mol. The summed E-state index contributed by atoms with van der Waals surface area (Å²) in [5, 5.41) is 8.34. The van der Waals surface area contributed by atoms with E-state index in [1.54, 1.807) is 12.4 Å². The first kappa shape index (κ1) is 13.1. The molecule has 0 saturated carbocycles. The summed E-state index contributed by atoms with van der Waals surface area (Å²) in [5.74, 6) is 0. The fourth-order valence-corrected chi connectivity index (χ4v) is 2.14. The molecule has 0 aliphatic rings. The van der Waals surface area contributed by atoms with Crippen LogP contribution >= 0.6 is 11.6 Å². The number of aromatic nitrogens is 3. The van der Waals surface area contributed by atoms with Crippen LogP contribution in [0.3, 0.4) is 0 Å². The van der Waals surface area contributed by atoms with E-state index in [4.69, 9.17) is 11.6 Å². The van der Waals surface area contributed by atoms with Crippen LogP contribution in [0, 0.1) is 0 Å². The molecule has 0 saturated heterocycles. The zero-order chi connectivity index (χ0) is 13.0. The Morgan fingerprint density at radius 2 is 2.22 bits per heavy atom. The summed E-state index contributed by atoms with van der Waals surface area (Å²) >= 11 is 6.23. The van der Waals surface area contributed by atoms with Crippen LogP contribution in [0.1, 0.15) is 30.8 Å². The predicted octanol–water partition coefficient (Wildman–Crippen LogP) is 2.56. The van der Waals surface area contributed by atoms with Crippen LogP contribution in [0.5, 0.6) is 0 Å². The van der Waals surface area contributed by atoms with E-state index in [9.17, 15) is 0 Å². The van der Waals surface area contributed by atoms with Crippen LogP contribution in [0.25, 0.3) is 0 Å². The zero-order valence-corrected chi connectivity index (χ0v) is 11.4. The van der Waals surface area contributed by atoms with E-state index in [1.807, 2.05) is 29.9 Å². The van der Waals surface area contributed by atoms with Crippen molar-refractivity contribution in [1.29, 1.82) is 0 Å². The third kappa shape index (κ3) is 2.71. The number of hydrogen-bond acceptors (Lipinski definition) is 3. The van der Waals surface area contributed by atoms with Crippen LogP contribution < -0.4 is 5.32 Å². The Hall–Kier alpha value is -1.39. The molecule has 1 unspecified atom stereocenters. The molecule has 4 nitrogen and oxygen atoms in total. The summed E-state index contributed by atoms with van der Waals surface area (Å²) in [4.78, 5) is 4.39. The van der Waals surface area contributed by atoms with Crippen LogP contribution in [-0.2, 0) is 7.05 Å². The largest absolute Gasteiger partial charge is 0.304 e. The summed E-state index contributed by atoms with van der Waals surface area (Å²) < 4.78 is 1.85. The Labute approximate surface area is 112 Å². The second-order valence-corrected chi connectivity index (χ2v) is 4.54. The molecule has 0 spiro atoms. The lowest BCUT2D eigenvalue weighted by atomic mass is 10.1. The highest BCUT2D eigenvalue weighted by atomic mass is 35.5. The Bertz CT molecular complexity index is 509. The molecule has 0 aliphatic heterocycles. The van der Waals surface area contributed by atoms with Crippen molar-refractivity contribution < 1.29 is 0 Å². The van der Waals surface area contributed by atoms with E-state index in [2.05, 4.69) is 22.3 Å². The van der Waals surface area contributed by atoms with Gasteiger partial charge in [-0.15, -0.1) is 0 Å². The van der Waals surface area contributed by atoms with Gasteiger partial charge in [-0.05, 0) is 31.2 Å². The Morgan fingerprint density at radius 1 is 1.39 bits per heavy atom. The van der Waals surface area contributed by atoms with Crippen molar-refractivity contribution in [2.24, 2.45) is 7.05 Å². The van der Waals surface area contributed by atoms with Gasteiger partial charge in [0.1, 0.15) is 0 Å². The van der Waals surface area contributed by atoms with Crippen molar-refractivity contribution in [3.05, 3.63) is 47.0 Å². The normalized spacial score (nSPS) is 12.6. The highest BCUT2D eigenvalue weighted by Gasteiger charge is 2.20. The van der Waals surface area contributed by atoms with E-state index in [0.717, 1.165) is 24.4 Å². The Kier molecular flexibility index (Phi) is 4.33. The van der Waals surface area contributed by atoms with Crippen molar-refractivity contribution in [3.8, 4) is 0 Å². The van der Waals surface area contributed by atoms with Crippen LogP contribution in [0.15, 0.2) is 30.6 Å². The lowest BCUT2D eigenvalue weighted by Crippen LogP contribution is -2.26. The van der Waals surface area contributed by atoms with Crippen LogP contribution in [-0.4, -0.2) is 21.3 Å². The van der Waals surface area contributed by atoms with Crippen molar-refractivity contribution in [1.82, 2.24) is 20.1 Å². The van der Waals surface area contributed by atoms with Gasteiger partial charge < -0.3 is 5.32 Å². The quantitative estimate of drug-likeness (QED) is 0.903. The van der Waals surface area contributed by atoms with E-state index < -0.39 is 0 Å². The Morgan fingerprint density at radius 3 is 2.83 bits per heavy atom. The molecule has 5 heteroatoms. The number of halogens is 1. The van der Waals surface area contributed by atoms with Crippen LogP contribution in [0.2, 0.25) is 5.02 Å². The minimum atomic E-state index is -0.0221. The average Bonchev–Trinajstić information content (AvgIpc) is 2.78. The predicted molar refractivity (Wildman–Crippen MR) is 72.6 cm³/mol. The maximum Gasteiger partial charge on any atom is 0.0937 e. The molecule has 0 amide bonds. The molecule has 0 fully saturated rings. The van der Waals surface area contributed by atoms with Crippen LogP contribution in [0.4, 0.5) is 0 Å². The number of pyridine rings is 1. The highest BCUT2D eigenvalue weighted by Crippen LogP contribution is 2.25. The van der Waals surface area contributed by atoms with Gasteiger partial charge in [0.2, 0.25) is 0 Å². The summed E-state index contributed by atoms with van der Waals surface area (Å²) in [6, 6.07) is 5.66. The molecule has 0 aromatic carbocycles. The Balaban J connectivity index is 2.37. The van der Waals surface area contributed by atoms with Crippen molar-refractivity contribution in [2.45, 2.75) is 19.4 Å². The van der Waals surface area contributed by atoms with Gasteiger partial charge in [-0.3, -0.25) is 9.67 Å². The lowest BCUT2D eigenvalue weighted by molar-refractivity contribution is 0.544. The zero-order valence-electron chi connectivity index (χ0n) is 10.6. The molecule has 0 bridgehead atoms. The maximum atomic E-state index is 6.23. The summed E-state index contributed by atoms with van der Waals surface area (Å²) in [6.07, 6.45) is 4.60. The molecule has 2 heterocycles. The standard InChI is InChI=1S/C13H17ClN4/c1-3-7-15-13(11-6-9-17-18(11)2)12-10(14)5-4-8-16-12/h4-6,8-9,13,15H,3,7H2,1-2H3. The SMILES string of the molecule is CCCNC(c1ncccc1Cl)c1ccnn1C. The number of nitrogens with zero attached hydrogens (tertiary/aromatic N) is 3. The van der Waals surface area contributed by atoms with E-state index in [-0.39, 0.29) is 6.04 Å². The molecule has 1 atom stereocenters. The molecular weight excluding hydrogens is 248 g/mol. The maximum absolute atomic E-state index is 6.23. The summed E-state index contributed by atoms with van der Waals surface area (Å²) in [7, 11) is 1.92. The van der Waals surface area contributed by atoms with Gasteiger partial charge in [-0.1, -0.05) is 18.5 Å².